The summed E-state index contributed by atoms with van der Waals surface area (Å²) < 4.78 is 5.15. The minimum Gasteiger partial charge on any atom is -0.395 e. The summed E-state index contributed by atoms with van der Waals surface area (Å²) in [4.78, 5) is 5.01. The van der Waals surface area contributed by atoms with Crippen molar-refractivity contribution < 1.29 is 9.84 Å². The third-order valence-electron chi connectivity index (χ3n) is 4.70. The molecule has 0 amide bonds. The van der Waals surface area contributed by atoms with E-state index in [0.29, 0.717) is 18.7 Å². The van der Waals surface area contributed by atoms with E-state index < -0.39 is 0 Å². The summed E-state index contributed by atoms with van der Waals surface area (Å²) in [6, 6.07) is 0.995. The monoisotopic (exact) mass is 271 g/mol. The van der Waals surface area contributed by atoms with E-state index in [2.05, 4.69) is 16.7 Å². The molecule has 2 saturated heterocycles. The fourth-order valence-electron chi connectivity index (χ4n) is 3.63. The maximum Gasteiger partial charge on any atom is 0.0629 e. The number of ether oxygens (including phenoxy) is 1. The normalized spacial score (nSPS) is 32.8. The van der Waals surface area contributed by atoms with Gasteiger partial charge in [-0.2, -0.15) is 0 Å². The smallest absolute Gasteiger partial charge is 0.0629 e. The van der Waals surface area contributed by atoms with Gasteiger partial charge in [0.05, 0.1) is 19.3 Å². The van der Waals surface area contributed by atoms with Gasteiger partial charge in [-0.3, -0.25) is 9.80 Å². The number of hydrogen-bond donors (Lipinski definition) is 2. The summed E-state index contributed by atoms with van der Waals surface area (Å²) in [7, 11) is 1.66. The second-order valence-corrected chi connectivity index (χ2v) is 6.06. The van der Waals surface area contributed by atoms with Gasteiger partial charge in [-0.15, -0.1) is 0 Å². The molecule has 2 heterocycles. The van der Waals surface area contributed by atoms with Crippen LogP contribution in [-0.4, -0.2) is 79.0 Å². The van der Waals surface area contributed by atoms with Crippen molar-refractivity contribution in [2.75, 3.05) is 40.0 Å². The van der Waals surface area contributed by atoms with Crippen molar-refractivity contribution in [1.82, 2.24) is 9.80 Å². The number of aliphatic hydroxyl groups excluding tert-OH is 1. The molecule has 0 saturated carbocycles. The van der Waals surface area contributed by atoms with Crippen LogP contribution in [0, 0.1) is 0 Å². The SMILES string of the molecule is COCC(N)C(CO)N1CC2CCCCN2CC1C. The first-order chi connectivity index (χ1) is 9.17. The molecule has 0 aromatic rings. The number of rotatable bonds is 5. The number of methoxy groups -OCH3 is 1. The second-order valence-electron chi connectivity index (χ2n) is 6.06. The van der Waals surface area contributed by atoms with E-state index in [4.69, 9.17) is 10.5 Å². The summed E-state index contributed by atoms with van der Waals surface area (Å²) in [5, 5.41) is 9.70. The number of aliphatic hydroxyl groups is 1. The topological polar surface area (TPSA) is 62.0 Å². The van der Waals surface area contributed by atoms with Gasteiger partial charge in [0, 0.05) is 38.3 Å². The molecule has 5 nitrogen and oxygen atoms in total. The van der Waals surface area contributed by atoms with Gasteiger partial charge in [-0.1, -0.05) is 6.42 Å². The Balaban J connectivity index is 2.01. The van der Waals surface area contributed by atoms with E-state index >= 15 is 0 Å². The highest BCUT2D eigenvalue weighted by atomic mass is 16.5. The zero-order chi connectivity index (χ0) is 13.8. The average Bonchev–Trinajstić information content (AvgIpc) is 2.40. The maximum atomic E-state index is 9.70. The predicted octanol–water partition coefficient (Wildman–Crippen LogP) is -0.120. The first-order valence-corrected chi connectivity index (χ1v) is 7.52. The Kier molecular flexibility index (Phi) is 5.59. The van der Waals surface area contributed by atoms with Crippen molar-refractivity contribution in [2.45, 2.75) is 50.4 Å². The van der Waals surface area contributed by atoms with Crippen LogP contribution in [0.25, 0.3) is 0 Å². The molecule has 5 heteroatoms. The summed E-state index contributed by atoms with van der Waals surface area (Å²) >= 11 is 0. The van der Waals surface area contributed by atoms with E-state index in [9.17, 15) is 5.11 Å². The van der Waals surface area contributed by atoms with Crippen LogP contribution in [0.3, 0.4) is 0 Å². The van der Waals surface area contributed by atoms with Crippen molar-refractivity contribution in [3.63, 3.8) is 0 Å². The van der Waals surface area contributed by atoms with Crippen LogP contribution in [-0.2, 0) is 4.74 Å². The molecule has 2 rings (SSSR count). The zero-order valence-corrected chi connectivity index (χ0v) is 12.3. The Morgan fingerprint density at radius 2 is 2.16 bits per heavy atom. The highest BCUT2D eigenvalue weighted by molar-refractivity contribution is 4.94. The lowest BCUT2D eigenvalue weighted by molar-refractivity contribution is -0.0335. The molecule has 112 valence electrons. The van der Waals surface area contributed by atoms with Gasteiger partial charge in [0.1, 0.15) is 0 Å². The van der Waals surface area contributed by atoms with Gasteiger partial charge >= 0.3 is 0 Å². The van der Waals surface area contributed by atoms with Crippen LogP contribution in [0.2, 0.25) is 0 Å². The van der Waals surface area contributed by atoms with Crippen LogP contribution in [0.1, 0.15) is 26.2 Å². The van der Waals surface area contributed by atoms with Crippen molar-refractivity contribution in [3.8, 4) is 0 Å². The molecule has 2 fully saturated rings. The van der Waals surface area contributed by atoms with E-state index in [0.717, 1.165) is 13.1 Å². The third-order valence-corrected chi connectivity index (χ3v) is 4.70. The molecule has 2 aliphatic rings. The molecule has 4 atom stereocenters. The van der Waals surface area contributed by atoms with Gasteiger partial charge in [0.15, 0.2) is 0 Å². The zero-order valence-electron chi connectivity index (χ0n) is 12.3. The van der Waals surface area contributed by atoms with Crippen LogP contribution >= 0.6 is 0 Å². The van der Waals surface area contributed by atoms with Crippen LogP contribution in [0.4, 0.5) is 0 Å². The lowest BCUT2D eigenvalue weighted by atomic mass is 9.94. The molecule has 0 aromatic heterocycles. The van der Waals surface area contributed by atoms with Crippen molar-refractivity contribution in [3.05, 3.63) is 0 Å². The fourth-order valence-corrected chi connectivity index (χ4v) is 3.63. The number of hydrogen-bond acceptors (Lipinski definition) is 5. The number of nitrogens with zero attached hydrogens (tertiary/aromatic N) is 2. The summed E-state index contributed by atoms with van der Waals surface area (Å²) in [5.74, 6) is 0. The average molecular weight is 271 g/mol. The minimum atomic E-state index is -0.118. The largest absolute Gasteiger partial charge is 0.395 e. The Morgan fingerprint density at radius 3 is 2.84 bits per heavy atom. The quantitative estimate of drug-likeness (QED) is 0.730. The molecular formula is C14H29N3O2. The fraction of sp³-hybridized carbons (Fsp3) is 1.00. The molecule has 0 aliphatic carbocycles. The van der Waals surface area contributed by atoms with Gasteiger partial charge in [0.2, 0.25) is 0 Å². The van der Waals surface area contributed by atoms with Crippen molar-refractivity contribution >= 4 is 0 Å². The lowest BCUT2D eigenvalue weighted by Crippen LogP contribution is -2.65. The highest BCUT2D eigenvalue weighted by Gasteiger charge is 2.37. The Labute approximate surface area is 116 Å². The second kappa shape index (κ2) is 6.99. The molecule has 0 aromatic carbocycles. The first-order valence-electron chi connectivity index (χ1n) is 7.52. The molecule has 4 unspecified atom stereocenters. The first kappa shape index (κ1) is 15.2. The molecular weight excluding hydrogens is 242 g/mol. The number of nitrogens with two attached hydrogens (primary N) is 1. The molecule has 3 N–H and O–H groups in total. The molecule has 2 aliphatic heterocycles. The van der Waals surface area contributed by atoms with Gasteiger partial charge < -0.3 is 15.6 Å². The van der Waals surface area contributed by atoms with Crippen LogP contribution in [0.5, 0.6) is 0 Å². The van der Waals surface area contributed by atoms with E-state index in [1.165, 1.54) is 25.8 Å². The summed E-state index contributed by atoms with van der Waals surface area (Å²) in [6.45, 7) is 6.22. The summed E-state index contributed by atoms with van der Waals surface area (Å²) in [6.07, 6.45) is 3.94. The number of piperazine rings is 1. The predicted molar refractivity (Wildman–Crippen MR) is 76.1 cm³/mol. The Bertz CT molecular complexity index is 277. The number of piperidine rings is 1. The lowest BCUT2D eigenvalue weighted by Gasteiger charge is -2.50. The molecule has 0 spiro atoms. The van der Waals surface area contributed by atoms with Crippen LogP contribution in [0.15, 0.2) is 0 Å². The highest BCUT2D eigenvalue weighted by Crippen LogP contribution is 2.25. The van der Waals surface area contributed by atoms with Crippen molar-refractivity contribution in [1.29, 1.82) is 0 Å². The van der Waals surface area contributed by atoms with Crippen molar-refractivity contribution in [2.24, 2.45) is 5.73 Å². The maximum absolute atomic E-state index is 9.70. The minimum absolute atomic E-state index is 0.0130. The number of fused-ring (bicyclic) bond motifs is 1. The standard InChI is InChI=1S/C14H29N3O2/c1-11-7-16-6-4-3-5-12(16)8-17(11)14(9-18)13(15)10-19-2/h11-14,18H,3-10,15H2,1-2H3. The van der Waals surface area contributed by atoms with Gasteiger partial charge in [-0.05, 0) is 26.3 Å². The van der Waals surface area contributed by atoms with Gasteiger partial charge in [-0.25, -0.2) is 0 Å². The molecule has 19 heavy (non-hydrogen) atoms. The Hall–Kier alpha value is -0.200. The summed E-state index contributed by atoms with van der Waals surface area (Å²) in [5.41, 5.74) is 6.16. The van der Waals surface area contributed by atoms with E-state index in [-0.39, 0.29) is 18.7 Å². The molecule has 0 bridgehead atoms. The van der Waals surface area contributed by atoms with Gasteiger partial charge in [0.25, 0.3) is 0 Å². The molecule has 0 radical (unpaired) electrons. The van der Waals surface area contributed by atoms with E-state index in [1.807, 2.05) is 0 Å². The Morgan fingerprint density at radius 1 is 1.37 bits per heavy atom. The third kappa shape index (κ3) is 3.47. The van der Waals surface area contributed by atoms with Crippen LogP contribution < -0.4 is 5.73 Å². The van der Waals surface area contributed by atoms with E-state index in [1.54, 1.807) is 7.11 Å².